The van der Waals surface area contributed by atoms with Gasteiger partial charge in [-0.3, -0.25) is 0 Å². The highest BCUT2D eigenvalue weighted by Gasteiger charge is 2.15. The molecular formula is C10H19Br. The standard InChI is InChI=1S/C10H19Br/c1-4-6-7-8-9-10(3,11)5-2/h6-7H,4-5,8-9H2,1-3H3/b7-6-. The van der Waals surface area contributed by atoms with Crippen LogP contribution in [0.25, 0.3) is 0 Å². The fourth-order valence-corrected chi connectivity index (χ4v) is 1.07. The van der Waals surface area contributed by atoms with Crippen molar-refractivity contribution in [3.8, 4) is 0 Å². The summed E-state index contributed by atoms with van der Waals surface area (Å²) in [5.74, 6) is 0. The van der Waals surface area contributed by atoms with Crippen LogP contribution in [0.2, 0.25) is 0 Å². The van der Waals surface area contributed by atoms with Gasteiger partial charge in [-0.15, -0.1) is 0 Å². The van der Waals surface area contributed by atoms with Crippen LogP contribution in [0, 0.1) is 0 Å². The molecule has 0 saturated heterocycles. The summed E-state index contributed by atoms with van der Waals surface area (Å²) in [6.45, 7) is 6.65. The second-order valence-corrected chi connectivity index (χ2v) is 5.10. The van der Waals surface area contributed by atoms with Crippen molar-refractivity contribution in [2.24, 2.45) is 0 Å². The summed E-state index contributed by atoms with van der Waals surface area (Å²) in [5.41, 5.74) is 0. The van der Waals surface area contributed by atoms with Gasteiger partial charge in [0.2, 0.25) is 0 Å². The van der Waals surface area contributed by atoms with Crippen molar-refractivity contribution in [3.05, 3.63) is 12.2 Å². The van der Waals surface area contributed by atoms with Crippen LogP contribution in [0.1, 0.15) is 46.5 Å². The van der Waals surface area contributed by atoms with E-state index in [4.69, 9.17) is 0 Å². The zero-order valence-corrected chi connectivity index (χ0v) is 9.45. The quantitative estimate of drug-likeness (QED) is 0.477. The predicted molar refractivity (Wildman–Crippen MR) is 56.3 cm³/mol. The summed E-state index contributed by atoms with van der Waals surface area (Å²) in [6.07, 6.45) is 9.30. The molecule has 0 aromatic rings. The lowest BCUT2D eigenvalue weighted by Crippen LogP contribution is -2.12. The Hall–Kier alpha value is 0.220. The zero-order chi connectivity index (χ0) is 8.74. The SMILES string of the molecule is CC/C=C\CCC(C)(Br)CC. The van der Waals surface area contributed by atoms with E-state index in [1.165, 1.54) is 19.3 Å². The maximum absolute atomic E-state index is 3.70. The van der Waals surface area contributed by atoms with E-state index in [1.54, 1.807) is 0 Å². The van der Waals surface area contributed by atoms with Gasteiger partial charge >= 0.3 is 0 Å². The fraction of sp³-hybridized carbons (Fsp3) is 0.800. The summed E-state index contributed by atoms with van der Waals surface area (Å²) >= 11 is 3.70. The van der Waals surface area contributed by atoms with Crippen molar-refractivity contribution >= 4 is 15.9 Å². The van der Waals surface area contributed by atoms with Gasteiger partial charge in [0.05, 0.1) is 0 Å². The van der Waals surface area contributed by atoms with Crippen molar-refractivity contribution in [3.63, 3.8) is 0 Å². The molecule has 0 rings (SSSR count). The third-order valence-corrected chi connectivity index (χ3v) is 2.93. The van der Waals surface area contributed by atoms with Crippen molar-refractivity contribution in [2.45, 2.75) is 50.8 Å². The normalized spacial score (nSPS) is 17.1. The Labute approximate surface area is 79.2 Å². The second-order valence-electron chi connectivity index (χ2n) is 3.19. The molecule has 1 atom stereocenters. The molecule has 1 unspecified atom stereocenters. The molecule has 0 aromatic carbocycles. The Morgan fingerprint density at radius 2 is 1.91 bits per heavy atom. The monoisotopic (exact) mass is 218 g/mol. The Morgan fingerprint density at radius 3 is 2.36 bits per heavy atom. The minimum Gasteiger partial charge on any atom is -0.0888 e. The molecule has 1 heteroatoms. The summed E-state index contributed by atoms with van der Waals surface area (Å²) < 4.78 is 0.352. The van der Waals surface area contributed by atoms with Gasteiger partial charge < -0.3 is 0 Å². The van der Waals surface area contributed by atoms with E-state index in [0.717, 1.165) is 6.42 Å². The molecule has 0 saturated carbocycles. The van der Waals surface area contributed by atoms with Crippen LogP contribution in [0.4, 0.5) is 0 Å². The predicted octanol–water partition coefficient (Wildman–Crippen LogP) is 4.30. The van der Waals surface area contributed by atoms with Crippen molar-refractivity contribution in [1.82, 2.24) is 0 Å². The van der Waals surface area contributed by atoms with Gasteiger partial charge in [-0.1, -0.05) is 41.9 Å². The number of hydrogen-bond acceptors (Lipinski definition) is 0. The van der Waals surface area contributed by atoms with Gasteiger partial charge in [0, 0.05) is 4.32 Å². The van der Waals surface area contributed by atoms with E-state index >= 15 is 0 Å². The van der Waals surface area contributed by atoms with Crippen LogP contribution in [-0.2, 0) is 0 Å². The Bertz CT molecular complexity index is 114. The van der Waals surface area contributed by atoms with Crippen LogP contribution in [0.3, 0.4) is 0 Å². The molecule has 0 N–H and O–H groups in total. The topological polar surface area (TPSA) is 0 Å². The molecular weight excluding hydrogens is 200 g/mol. The van der Waals surface area contributed by atoms with E-state index in [2.05, 4.69) is 48.9 Å². The molecule has 0 aliphatic carbocycles. The Balaban J connectivity index is 3.45. The number of allylic oxidation sites excluding steroid dienone is 2. The minimum atomic E-state index is 0.352. The molecule has 0 amide bonds. The minimum absolute atomic E-state index is 0.352. The lowest BCUT2D eigenvalue weighted by atomic mass is 10.0. The van der Waals surface area contributed by atoms with Gasteiger partial charge in [-0.2, -0.15) is 0 Å². The third-order valence-electron chi connectivity index (χ3n) is 1.97. The average molecular weight is 219 g/mol. The molecule has 0 aliphatic heterocycles. The first kappa shape index (κ1) is 11.2. The molecule has 66 valence electrons. The molecule has 11 heavy (non-hydrogen) atoms. The van der Waals surface area contributed by atoms with E-state index in [1.807, 2.05) is 0 Å². The van der Waals surface area contributed by atoms with Crippen LogP contribution in [0.15, 0.2) is 12.2 Å². The van der Waals surface area contributed by atoms with Crippen molar-refractivity contribution in [1.29, 1.82) is 0 Å². The lowest BCUT2D eigenvalue weighted by molar-refractivity contribution is 0.587. The fourth-order valence-electron chi connectivity index (χ4n) is 0.846. The molecule has 0 radical (unpaired) electrons. The maximum Gasteiger partial charge on any atom is 0.0230 e. The first-order valence-electron chi connectivity index (χ1n) is 4.46. The zero-order valence-electron chi connectivity index (χ0n) is 7.86. The average Bonchev–Trinajstić information content (AvgIpc) is 1.99. The second kappa shape index (κ2) is 5.82. The third kappa shape index (κ3) is 6.61. The van der Waals surface area contributed by atoms with Crippen LogP contribution in [-0.4, -0.2) is 4.32 Å². The molecule has 0 fully saturated rings. The Morgan fingerprint density at radius 1 is 1.27 bits per heavy atom. The molecule has 0 bridgehead atoms. The van der Waals surface area contributed by atoms with E-state index in [9.17, 15) is 0 Å². The Kier molecular flexibility index (Phi) is 5.93. The highest BCUT2D eigenvalue weighted by atomic mass is 79.9. The number of alkyl halides is 1. The molecule has 0 spiro atoms. The van der Waals surface area contributed by atoms with Crippen LogP contribution < -0.4 is 0 Å². The van der Waals surface area contributed by atoms with E-state index in [-0.39, 0.29) is 0 Å². The van der Waals surface area contributed by atoms with Crippen LogP contribution >= 0.6 is 15.9 Å². The van der Waals surface area contributed by atoms with E-state index < -0.39 is 0 Å². The van der Waals surface area contributed by atoms with Gasteiger partial charge in [0.25, 0.3) is 0 Å². The largest absolute Gasteiger partial charge is 0.0888 e. The highest BCUT2D eigenvalue weighted by molar-refractivity contribution is 9.10. The number of rotatable bonds is 5. The number of hydrogen-bond donors (Lipinski definition) is 0. The molecule has 0 heterocycles. The summed E-state index contributed by atoms with van der Waals surface area (Å²) in [7, 11) is 0. The lowest BCUT2D eigenvalue weighted by Gasteiger charge is -2.18. The summed E-state index contributed by atoms with van der Waals surface area (Å²) in [5, 5.41) is 0. The maximum atomic E-state index is 3.70. The van der Waals surface area contributed by atoms with Gasteiger partial charge in [0.1, 0.15) is 0 Å². The first-order chi connectivity index (χ1) is 5.12. The smallest absolute Gasteiger partial charge is 0.0230 e. The van der Waals surface area contributed by atoms with E-state index in [0.29, 0.717) is 4.32 Å². The van der Waals surface area contributed by atoms with Crippen molar-refractivity contribution < 1.29 is 0 Å². The van der Waals surface area contributed by atoms with Gasteiger partial charge in [-0.25, -0.2) is 0 Å². The summed E-state index contributed by atoms with van der Waals surface area (Å²) in [6, 6.07) is 0. The highest BCUT2D eigenvalue weighted by Crippen LogP contribution is 2.27. The molecule has 0 nitrogen and oxygen atoms in total. The number of halogens is 1. The van der Waals surface area contributed by atoms with Crippen molar-refractivity contribution in [2.75, 3.05) is 0 Å². The van der Waals surface area contributed by atoms with Gasteiger partial charge in [-0.05, 0) is 32.6 Å². The van der Waals surface area contributed by atoms with Crippen LogP contribution in [0.5, 0.6) is 0 Å². The first-order valence-corrected chi connectivity index (χ1v) is 5.25. The molecule has 0 aromatic heterocycles. The molecule has 0 aliphatic rings. The summed E-state index contributed by atoms with van der Waals surface area (Å²) in [4.78, 5) is 0. The van der Waals surface area contributed by atoms with Gasteiger partial charge in [0.15, 0.2) is 0 Å².